The van der Waals surface area contributed by atoms with Gasteiger partial charge in [-0.1, -0.05) is 41.5 Å². The summed E-state index contributed by atoms with van der Waals surface area (Å²) in [6.45, 7) is 13.5. The third-order valence-electron chi connectivity index (χ3n) is 7.63. The number of unbranched alkanes of at least 4 members (excludes halogenated alkanes) is 2. The molecule has 0 aromatic carbocycles. The highest BCUT2D eigenvalue weighted by Crippen LogP contribution is 2.12. The highest BCUT2D eigenvalue weighted by atomic mass is 16.4. The second kappa shape index (κ2) is 23.9. The molecule has 0 unspecified atom stereocenters. The van der Waals surface area contributed by atoms with Gasteiger partial charge in [0.1, 0.15) is 30.2 Å². The van der Waals surface area contributed by atoms with Crippen molar-refractivity contribution < 1.29 is 33.9 Å². The lowest BCUT2D eigenvalue weighted by atomic mass is 9.99. The van der Waals surface area contributed by atoms with E-state index in [1.807, 2.05) is 41.5 Å². The minimum absolute atomic E-state index is 0.0142. The van der Waals surface area contributed by atoms with E-state index in [0.29, 0.717) is 51.6 Å². The Morgan fingerprint density at radius 1 is 0.500 bits per heavy atom. The van der Waals surface area contributed by atoms with Gasteiger partial charge in [-0.05, 0) is 95.6 Å². The van der Waals surface area contributed by atoms with E-state index in [4.69, 9.17) is 17.2 Å². The van der Waals surface area contributed by atoms with Gasteiger partial charge in [0.15, 0.2) is 0 Å². The van der Waals surface area contributed by atoms with Crippen LogP contribution in [-0.2, 0) is 28.8 Å². The third-order valence-corrected chi connectivity index (χ3v) is 7.63. The first-order chi connectivity index (χ1) is 22.4. The van der Waals surface area contributed by atoms with E-state index in [1.165, 1.54) is 6.92 Å². The van der Waals surface area contributed by atoms with E-state index >= 15 is 0 Å². The molecule has 0 aromatic rings. The molecule has 0 fully saturated rings. The molecule has 15 heteroatoms. The van der Waals surface area contributed by atoms with E-state index < -0.39 is 71.8 Å². The first kappa shape index (κ1) is 44.7. The fourth-order valence-corrected chi connectivity index (χ4v) is 5.02. The van der Waals surface area contributed by atoms with E-state index in [9.17, 15) is 33.9 Å². The van der Waals surface area contributed by atoms with Crippen molar-refractivity contribution >= 4 is 35.5 Å². The molecule has 0 aliphatic carbocycles. The monoisotopic (exact) mass is 684 g/mol. The van der Waals surface area contributed by atoms with E-state index in [-0.39, 0.29) is 37.0 Å². The smallest absolute Gasteiger partial charge is 0.325 e. The van der Waals surface area contributed by atoms with Crippen molar-refractivity contribution in [2.24, 2.45) is 35.0 Å². The van der Waals surface area contributed by atoms with Gasteiger partial charge >= 0.3 is 5.97 Å². The molecule has 0 saturated carbocycles. The molecule has 15 nitrogen and oxygen atoms in total. The molecule has 12 N–H and O–H groups in total. The van der Waals surface area contributed by atoms with E-state index in [1.54, 1.807) is 0 Å². The first-order valence-corrected chi connectivity index (χ1v) is 17.3. The molecule has 5 amide bonds. The number of aliphatic carboxylic acids is 1. The quantitative estimate of drug-likeness (QED) is 0.0592. The Morgan fingerprint density at radius 2 is 0.833 bits per heavy atom. The Bertz CT molecular complexity index is 1020. The summed E-state index contributed by atoms with van der Waals surface area (Å²) in [6, 6.07) is -6.06. The number of hydrogen-bond acceptors (Lipinski definition) is 9. The number of carboxylic acid groups (broad SMARTS) is 1. The Labute approximate surface area is 286 Å². The normalized spacial score (nSPS) is 15.2. The Kier molecular flexibility index (Phi) is 22.3. The number of nitrogens with one attached hydrogen (secondary N) is 5. The van der Waals surface area contributed by atoms with Crippen LogP contribution in [0.4, 0.5) is 0 Å². The number of carbonyl (C=O) groups excluding carboxylic acids is 5. The Balaban J connectivity index is 6.09. The highest BCUT2D eigenvalue weighted by molar-refractivity contribution is 5.96. The Morgan fingerprint density at radius 3 is 1.19 bits per heavy atom. The molecule has 0 aliphatic heterocycles. The second-order valence-electron chi connectivity index (χ2n) is 13.9. The molecule has 0 aliphatic rings. The lowest BCUT2D eigenvalue weighted by Crippen LogP contribution is -2.59. The summed E-state index contributed by atoms with van der Waals surface area (Å²) in [6.07, 6.45) is 3.72. The van der Waals surface area contributed by atoms with Crippen LogP contribution in [0, 0.1) is 17.8 Å². The maximum Gasteiger partial charge on any atom is 0.325 e. The topological polar surface area (TPSA) is 261 Å². The lowest BCUT2D eigenvalue weighted by molar-refractivity contribution is -0.142. The number of amides is 5. The first-order valence-electron chi connectivity index (χ1n) is 17.3. The molecule has 6 atom stereocenters. The zero-order valence-corrected chi connectivity index (χ0v) is 30.1. The number of carbonyl (C=O) groups is 6. The van der Waals surface area contributed by atoms with Crippen molar-refractivity contribution in [2.45, 2.75) is 143 Å². The molecule has 0 radical (unpaired) electrons. The predicted octanol–water partition coefficient (Wildman–Crippen LogP) is 0.239. The summed E-state index contributed by atoms with van der Waals surface area (Å²) >= 11 is 0. The summed E-state index contributed by atoms with van der Waals surface area (Å²) < 4.78 is 0. The largest absolute Gasteiger partial charge is 0.480 e. The van der Waals surface area contributed by atoms with Gasteiger partial charge in [0.05, 0.1) is 6.04 Å². The molecule has 48 heavy (non-hydrogen) atoms. The number of hydrogen-bond donors (Lipinski definition) is 9. The molecule has 0 spiro atoms. The average Bonchev–Trinajstić information content (AvgIpc) is 2.98. The van der Waals surface area contributed by atoms with Gasteiger partial charge in [-0.2, -0.15) is 0 Å². The minimum atomic E-state index is -1.22. The predicted molar refractivity (Wildman–Crippen MR) is 185 cm³/mol. The van der Waals surface area contributed by atoms with Gasteiger partial charge in [0.2, 0.25) is 29.5 Å². The van der Waals surface area contributed by atoms with Crippen LogP contribution in [0.3, 0.4) is 0 Å². The zero-order chi connectivity index (χ0) is 37.0. The number of carboxylic acids is 1. The summed E-state index contributed by atoms with van der Waals surface area (Å²) in [4.78, 5) is 77.9. The van der Waals surface area contributed by atoms with E-state index in [0.717, 1.165) is 0 Å². The zero-order valence-electron chi connectivity index (χ0n) is 30.1. The maximum atomic E-state index is 13.7. The van der Waals surface area contributed by atoms with Crippen LogP contribution in [0.2, 0.25) is 0 Å². The van der Waals surface area contributed by atoms with Crippen LogP contribution >= 0.6 is 0 Å². The molecular formula is C33H64N8O7. The highest BCUT2D eigenvalue weighted by Gasteiger charge is 2.33. The molecular weight excluding hydrogens is 620 g/mol. The van der Waals surface area contributed by atoms with Crippen LogP contribution in [0.25, 0.3) is 0 Å². The minimum Gasteiger partial charge on any atom is -0.480 e. The summed E-state index contributed by atoms with van der Waals surface area (Å²) in [7, 11) is 0. The van der Waals surface area contributed by atoms with Crippen molar-refractivity contribution in [3.8, 4) is 0 Å². The van der Waals surface area contributed by atoms with E-state index in [2.05, 4.69) is 26.6 Å². The number of rotatable bonds is 25. The van der Waals surface area contributed by atoms with Gasteiger partial charge in [-0.25, -0.2) is 0 Å². The van der Waals surface area contributed by atoms with Crippen LogP contribution < -0.4 is 43.8 Å². The fourth-order valence-electron chi connectivity index (χ4n) is 5.02. The molecule has 0 aromatic heterocycles. The second-order valence-corrected chi connectivity index (χ2v) is 13.9. The van der Waals surface area contributed by atoms with Gasteiger partial charge in [-0.15, -0.1) is 0 Å². The van der Waals surface area contributed by atoms with Crippen molar-refractivity contribution in [1.82, 2.24) is 26.6 Å². The summed E-state index contributed by atoms with van der Waals surface area (Å²) in [5.74, 6) is -3.98. The van der Waals surface area contributed by atoms with Crippen molar-refractivity contribution in [1.29, 1.82) is 0 Å². The van der Waals surface area contributed by atoms with Crippen LogP contribution in [0.1, 0.15) is 106 Å². The van der Waals surface area contributed by atoms with Crippen LogP contribution in [-0.4, -0.2) is 90.0 Å². The summed E-state index contributed by atoms with van der Waals surface area (Å²) in [5, 5.41) is 22.6. The lowest BCUT2D eigenvalue weighted by Gasteiger charge is -2.28. The Hall–Kier alpha value is -3.30. The molecule has 0 heterocycles. The van der Waals surface area contributed by atoms with Crippen molar-refractivity contribution in [2.75, 3.05) is 13.1 Å². The van der Waals surface area contributed by atoms with Crippen LogP contribution in [0.15, 0.2) is 0 Å². The standard InChI is InChI=1S/C33H64N8O7/c1-19(2)16-23(36)28(42)38-24(12-8-10-14-34)29(43)39-25(13-9-11-15-35)30(44)40-27(18-21(5)6)32(46)41-26(17-20(3)4)31(45)37-22(7)33(47)48/h19-27H,8-18,34-36H2,1-7H3,(H,37,45)(H,38,42)(H,39,43)(H,40,44)(H,41,46)(H,47,48)/t22-,23-,24-,25-,26-,27-/m0/s1. The average molecular weight is 685 g/mol. The molecule has 0 bridgehead atoms. The maximum absolute atomic E-state index is 13.7. The number of nitrogens with two attached hydrogens (primary N) is 3. The summed E-state index contributed by atoms with van der Waals surface area (Å²) in [5.41, 5.74) is 17.4. The van der Waals surface area contributed by atoms with Gasteiger partial charge in [0.25, 0.3) is 0 Å². The van der Waals surface area contributed by atoms with Gasteiger partial charge in [0, 0.05) is 0 Å². The molecule has 0 rings (SSSR count). The SMILES string of the molecule is CC(C)C[C@H](NC(=O)[C@H](CC(C)C)NC(=O)[C@H](CCCCN)NC(=O)[C@H](CCCCN)NC(=O)[C@@H](N)CC(C)C)C(=O)N[C@@H](C)C(=O)O. The van der Waals surface area contributed by atoms with Crippen molar-refractivity contribution in [3.05, 3.63) is 0 Å². The third kappa shape index (κ3) is 18.9. The molecule has 278 valence electrons. The van der Waals surface area contributed by atoms with Gasteiger partial charge < -0.3 is 48.9 Å². The molecule has 0 saturated heterocycles. The van der Waals surface area contributed by atoms with Crippen molar-refractivity contribution in [3.63, 3.8) is 0 Å². The van der Waals surface area contributed by atoms with Crippen LogP contribution in [0.5, 0.6) is 0 Å². The van der Waals surface area contributed by atoms with Gasteiger partial charge in [-0.3, -0.25) is 28.8 Å². The fraction of sp³-hybridized carbons (Fsp3) is 0.818.